The standard InChI is InChI=1S/C26H23F2N3O4S/c1-3-17-7-4-6-16(2)23(17)30-22(32)15-36-26-29-21(14-20-8-5-13-34-20)24(33)31(26)18-9-11-19(12-10-18)35-25(27)28/h4-14,25H,3,15H2,1-2H3,(H,30,32)/b21-14-. The lowest BCUT2D eigenvalue weighted by Crippen LogP contribution is -2.31. The highest BCUT2D eigenvalue weighted by Gasteiger charge is 2.32. The molecule has 10 heteroatoms. The Kier molecular flexibility index (Phi) is 7.84. The summed E-state index contributed by atoms with van der Waals surface area (Å²) in [6.07, 6.45) is 3.74. The van der Waals surface area contributed by atoms with E-state index in [-0.39, 0.29) is 28.3 Å². The molecule has 0 fully saturated rings. The number of amides is 2. The Labute approximate surface area is 210 Å². The highest BCUT2D eigenvalue weighted by Crippen LogP contribution is 2.31. The van der Waals surface area contributed by atoms with Gasteiger partial charge in [0.05, 0.1) is 17.7 Å². The number of para-hydroxylation sites is 1. The van der Waals surface area contributed by atoms with E-state index in [1.807, 2.05) is 32.0 Å². The molecule has 1 N–H and O–H groups in total. The van der Waals surface area contributed by atoms with Crippen LogP contribution in [0.1, 0.15) is 23.8 Å². The molecule has 2 amide bonds. The fourth-order valence-electron chi connectivity index (χ4n) is 3.61. The van der Waals surface area contributed by atoms with Gasteiger partial charge in [-0.2, -0.15) is 8.78 Å². The number of carbonyl (C=O) groups excluding carboxylic acids is 2. The van der Waals surface area contributed by atoms with Gasteiger partial charge in [-0.1, -0.05) is 36.9 Å². The van der Waals surface area contributed by atoms with Crippen molar-refractivity contribution in [3.8, 4) is 5.75 Å². The maximum absolute atomic E-state index is 13.2. The monoisotopic (exact) mass is 511 g/mol. The van der Waals surface area contributed by atoms with Crippen LogP contribution in [-0.4, -0.2) is 29.3 Å². The number of hydrogen-bond acceptors (Lipinski definition) is 6. The Morgan fingerprint density at radius 3 is 2.64 bits per heavy atom. The molecule has 0 unspecified atom stereocenters. The number of furan rings is 1. The number of ether oxygens (including phenoxy) is 1. The summed E-state index contributed by atoms with van der Waals surface area (Å²) in [5.74, 6) is -0.284. The third-order valence-electron chi connectivity index (χ3n) is 5.31. The first kappa shape index (κ1) is 25.2. The van der Waals surface area contributed by atoms with E-state index in [9.17, 15) is 18.4 Å². The van der Waals surface area contributed by atoms with Gasteiger partial charge in [-0.05, 0) is 60.9 Å². The highest BCUT2D eigenvalue weighted by atomic mass is 32.2. The summed E-state index contributed by atoms with van der Waals surface area (Å²) in [5.41, 5.74) is 3.27. The predicted octanol–water partition coefficient (Wildman–Crippen LogP) is 5.87. The number of alkyl halides is 2. The van der Waals surface area contributed by atoms with Crippen molar-refractivity contribution in [3.63, 3.8) is 0 Å². The lowest BCUT2D eigenvalue weighted by Gasteiger charge is -2.18. The number of aryl methyl sites for hydroxylation is 2. The van der Waals surface area contributed by atoms with Crippen LogP contribution in [0.5, 0.6) is 5.75 Å². The molecular weight excluding hydrogens is 488 g/mol. The fraction of sp³-hybridized carbons (Fsp3) is 0.192. The van der Waals surface area contributed by atoms with Crippen molar-refractivity contribution in [1.82, 2.24) is 0 Å². The second-order valence-corrected chi connectivity index (χ2v) is 8.69. The summed E-state index contributed by atoms with van der Waals surface area (Å²) in [7, 11) is 0. The molecule has 0 saturated carbocycles. The number of rotatable bonds is 8. The van der Waals surface area contributed by atoms with Gasteiger partial charge in [0.2, 0.25) is 5.91 Å². The van der Waals surface area contributed by atoms with Gasteiger partial charge in [0.1, 0.15) is 17.2 Å². The molecule has 1 aromatic heterocycles. The highest BCUT2D eigenvalue weighted by molar-refractivity contribution is 8.14. The summed E-state index contributed by atoms with van der Waals surface area (Å²) < 4.78 is 34.7. The average Bonchev–Trinajstić information content (AvgIpc) is 3.47. The quantitative estimate of drug-likeness (QED) is 0.383. The lowest BCUT2D eigenvalue weighted by molar-refractivity contribution is -0.114. The van der Waals surface area contributed by atoms with Crippen molar-refractivity contribution in [1.29, 1.82) is 0 Å². The minimum Gasteiger partial charge on any atom is -0.465 e. The van der Waals surface area contributed by atoms with Crippen LogP contribution < -0.4 is 15.0 Å². The summed E-state index contributed by atoms with van der Waals surface area (Å²) in [6.45, 7) is 0.983. The molecule has 3 aromatic rings. The SMILES string of the molecule is CCc1cccc(C)c1NC(=O)CSC1=N/C(=C\c2ccco2)C(=O)N1c1ccc(OC(F)F)cc1. The number of nitrogens with zero attached hydrogens (tertiary/aromatic N) is 2. The molecule has 0 atom stereocenters. The van der Waals surface area contributed by atoms with E-state index >= 15 is 0 Å². The summed E-state index contributed by atoms with van der Waals surface area (Å²) in [4.78, 5) is 31.7. The van der Waals surface area contributed by atoms with Crippen LogP contribution in [0, 0.1) is 6.92 Å². The van der Waals surface area contributed by atoms with Crippen molar-refractivity contribution in [2.24, 2.45) is 4.99 Å². The van der Waals surface area contributed by atoms with Crippen molar-refractivity contribution in [3.05, 3.63) is 83.4 Å². The van der Waals surface area contributed by atoms with Crippen LogP contribution in [-0.2, 0) is 16.0 Å². The molecule has 0 radical (unpaired) electrons. The Morgan fingerprint density at radius 1 is 1.19 bits per heavy atom. The zero-order chi connectivity index (χ0) is 25.7. The average molecular weight is 512 g/mol. The number of anilines is 2. The number of benzene rings is 2. The molecule has 7 nitrogen and oxygen atoms in total. The van der Waals surface area contributed by atoms with Crippen LogP contribution in [0.25, 0.3) is 6.08 Å². The van der Waals surface area contributed by atoms with Crippen LogP contribution in [0.15, 0.2) is 76.0 Å². The maximum atomic E-state index is 13.2. The van der Waals surface area contributed by atoms with E-state index in [4.69, 9.17) is 4.42 Å². The van der Waals surface area contributed by atoms with Gasteiger partial charge in [-0.25, -0.2) is 4.99 Å². The Balaban J connectivity index is 1.55. The summed E-state index contributed by atoms with van der Waals surface area (Å²) in [6, 6.07) is 14.8. The molecule has 2 heterocycles. The van der Waals surface area contributed by atoms with Crippen LogP contribution in [0.2, 0.25) is 0 Å². The van der Waals surface area contributed by atoms with E-state index in [0.717, 1.165) is 35.0 Å². The molecule has 0 spiro atoms. The third kappa shape index (κ3) is 5.83. The number of amidine groups is 1. The van der Waals surface area contributed by atoms with Crippen LogP contribution >= 0.6 is 11.8 Å². The first-order valence-electron chi connectivity index (χ1n) is 11.1. The molecular formula is C26H23F2N3O4S. The Bertz CT molecular complexity index is 1310. The Morgan fingerprint density at radius 2 is 1.97 bits per heavy atom. The van der Waals surface area contributed by atoms with E-state index in [1.54, 1.807) is 12.1 Å². The number of hydrogen-bond donors (Lipinski definition) is 1. The van der Waals surface area contributed by atoms with Crippen molar-refractivity contribution < 1.29 is 27.5 Å². The topological polar surface area (TPSA) is 84.1 Å². The number of nitrogens with one attached hydrogen (secondary N) is 1. The number of aliphatic imine (C=N–C) groups is 1. The largest absolute Gasteiger partial charge is 0.465 e. The number of carbonyl (C=O) groups is 2. The molecule has 1 aliphatic rings. The van der Waals surface area contributed by atoms with E-state index in [0.29, 0.717) is 11.4 Å². The van der Waals surface area contributed by atoms with Crippen LogP contribution in [0.3, 0.4) is 0 Å². The molecule has 0 bridgehead atoms. The second kappa shape index (κ2) is 11.2. The molecule has 4 rings (SSSR count). The van der Waals surface area contributed by atoms with Gasteiger partial charge in [-0.3, -0.25) is 14.5 Å². The zero-order valence-corrected chi connectivity index (χ0v) is 20.4. The predicted molar refractivity (Wildman–Crippen MR) is 136 cm³/mol. The molecule has 0 aliphatic carbocycles. The van der Waals surface area contributed by atoms with Gasteiger partial charge in [-0.15, -0.1) is 0 Å². The second-order valence-electron chi connectivity index (χ2n) is 7.75. The Hall–Kier alpha value is -3.92. The first-order chi connectivity index (χ1) is 17.4. The van der Waals surface area contributed by atoms with Gasteiger partial charge >= 0.3 is 6.61 Å². The van der Waals surface area contributed by atoms with Gasteiger partial charge in [0, 0.05) is 11.8 Å². The van der Waals surface area contributed by atoms with Gasteiger partial charge < -0.3 is 14.5 Å². The molecule has 186 valence electrons. The summed E-state index contributed by atoms with van der Waals surface area (Å²) in [5, 5.41) is 3.23. The van der Waals surface area contributed by atoms with E-state index in [1.165, 1.54) is 41.5 Å². The molecule has 0 saturated heterocycles. The van der Waals surface area contributed by atoms with Crippen molar-refractivity contribution in [2.75, 3.05) is 16.0 Å². The normalized spacial score (nSPS) is 14.5. The van der Waals surface area contributed by atoms with Gasteiger partial charge in [0.25, 0.3) is 5.91 Å². The van der Waals surface area contributed by atoms with E-state index in [2.05, 4.69) is 15.0 Å². The molecule has 36 heavy (non-hydrogen) atoms. The fourth-order valence-corrected chi connectivity index (χ4v) is 4.43. The minimum atomic E-state index is -2.96. The molecule has 1 aliphatic heterocycles. The minimum absolute atomic E-state index is 0.000705. The zero-order valence-electron chi connectivity index (χ0n) is 19.5. The number of thioether (sulfide) groups is 1. The third-order valence-corrected chi connectivity index (χ3v) is 6.25. The summed E-state index contributed by atoms with van der Waals surface area (Å²) >= 11 is 1.09. The van der Waals surface area contributed by atoms with Crippen molar-refractivity contribution >= 4 is 46.2 Å². The maximum Gasteiger partial charge on any atom is 0.387 e. The van der Waals surface area contributed by atoms with Crippen LogP contribution in [0.4, 0.5) is 20.2 Å². The smallest absolute Gasteiger partial charge is 0.387 e. The molecule has 2 aromatic carbocycles. The number of halogens is 2. The van der Waals surface area contributed by atoms with E-state index < -0.39 is 12.5 Å². The lowest BCUT2D eigenvalue weighted by atomic mass is 10.1. The van der Waals surface area contributed by atoms with Crippen molar-refractivity contribution in [2.45, 2.75) is 26.9 Å². The first-order valence-corrected chi connectivity index (χ1v) is 12.1. The van der Waals surface area contributed by atoms with Gasteiger partial charge in [0.15, 0.2) is 5.17 Å².